The van der Waals surface area contributed by atoms with Gasteiger partial charge in [0.1, 0.15) is 0 Å². The fraction of sp³-hybridized carbons (Fsp3) is 0.923. The van der Waals surface area contributed by atoms with E-state index in [1.165, 1.54) is 0 Å². The lowest BCUT2D eigenvalue weighted by Gasteiger charge is -2.27. The molecule has 4 nitrogen and oxygen atoms in total. The summed E-state index contributed by atoms with van der Waals surface area (Å²) in [5, 5.41) is 12.6. The number of hydrogen-bond donors (Lipinski definition) is 2. The second-order valence-corrected chi connectivity index (χ2v) is 5.65. The van der Waals surface area contributed by atoms with Gasteiger partial charge in [-0.25, -0.2) is 0 Å². The molecule has 0 saturated heterocycles. The lowest BCUT2D eigenvalue weighted by molar-refractivity contribution is -0.122. The van der Waals surface area contributed by atoms with Crippen molar-refractivity contribution in [3.05, 3.63) is 0 Å². The van der Waals surface area contributed by atoms with Crippen molar-refractivity contribution in [1.29, 1.82) is 0 Å². The summed E-state index contributed by atoms with van der Waals surface area (Å²) in [5.41, 5.74) is -0.756. The predicted molar refractivity (Wildman–Crippen MR) is 70.9 cm³/mol. The summed E-state index contributed by atoms with van der Waals surface area (Å²) in [5.74, 6) is 0.644. The smallest absolute Gasteiger partial charge is 0.234 e. The van der Waals surface area contributed by atoms with Crippen molar-refractivity contribution in [2.24, 2.45) is 5.92 Å². The van der Waals surface area contributed by atoms with E-state index < -0.39 is 5.60 Å². The topological polar surface area (TPSA) is 52.6 Å². The maximum Gasteiger partial charge on any atom is 0.234 e. The monoisotopic (exact) mass is 244 g/mol. The molecule has 0 aliphatic heterocycles. The van der Waals surface area contributed by atoms with Crippen LogP contribution in [0.4, 0.5) is 0 Å². The molecule has 0 heterocycles. The highest BCUT2D eigenvalue weighted by Gasteiger charge is 2.18. The number of amides is 1. The molecule has 0 spiro atoms. The Morgan fingerprint density at radius 2 is 2.00 bits per heavy atom. The first kappa shape index (κ1) is 16.4. The third kappa shape index (κ3) is 10.3. The van der Waals surface area contributed by atoms with Gasteiger partial charge in [0.2, 0.25) is 5.91 Å². The van der Waals surface area contributed by atoms with Crippen molar-refractivity contribution >= 4 is 5.91 Å². The third-order valence-corrected chi connectivity index (χ3v) is 2.47. The Kier molecular flexibility index (Phi) is 7.39. The van der Waals surface area contributed by atoms with E-state index >= 15 is 0 Å². The zero-order chi connectivity index (χ0) is 13.5. The van der Waals surface area contributed by atoms with Crippen LogP contribution in [0.5, 0.6) is 0 Å². The minimum atomic E-state index is -0.756. The van der Waals surface area contributed by atoms with Gasteiger partial charge >= 0.3 is 0 Å². The fourth-order valence-electron chi connectivity index (χ4n) is 1.59. The quantitative estimate of drug-likeness (QED) is 0.675. The molecule has 0 fully saturated rings. The van der Waals surface area contributed by atoms with E-state index in [0.29, 0.717) is 19.0 Å². The van der Waals surface area contributed by atoms with E-state index in [-0.39, 0.29) is 5.91 Å². The van der Waals surface area contributed by atoms with Gasteiger partial charge in [-0.3, -0.25) is 9.69 Å². The summed E-state index contributed by atoms with van der Waals surface area (Å²) in [6.45, 7) is 12.2. The van der Waals surface area contributed by atoms with Crippen LogP contribution in [0.3, 0.4) is 0 Å². The molecular formula is C13H28N2O2. The highest BCUT2D eigenvalue weighted by Crippen LogP contribution is 2.04. The molecule has 0 aromatic carbocycles. The summed E-state index contributed by atoms with van der Waals surface area (Å²) in [4.78, 5) is 13.6. The summed E-state index contributed by atoms with van der Waals surface area (Å²) >= 11 is 0. The van der Waals surface area contributed by atoms with Crippen molar-refractivity contribution in [2.45, 2.75) is 46.6 Å². The van der Waals surface area contributed by atoms with Gasteiger partial charge in [0, 0.05) is 13.1 Å². The zero-order valence-electron chi connectivity index (χ0n) is 11.9. The first-order valence-corrected chi connectivity index (χ1v) is 6.46. The van der Waals surface area contributed by atoms with Gasteiger partial charge in [-0.1, -0.05) is 20.8 Å². The standard InChI is InChI=1S/C13H28N2O2/c1-6-15(10-13(4,5)17)9-12(16)14-8-7-11(2)3/h11,17H,6-10H2,1-5H3,(H,14,16). The van der Waals surface area contributed by atoms with Gasteiger partial charge in [-0.05, 0) is 32.7 Å². The molecule has 0 bridgehead atoms. The van der Waals surface area contributed by atoms with Crippen LogP contribution in [-0.2, 0) is 4.79 Å². The molecule has 0 aromatic rings. The number of carbonyl (C=O) groups is 1. The maximum absolute atomic E-state index is 11.6. The maximum atomic E-state index is 11.6. The second-order valence-electron chi connectivity index (χ2n) is 5.65. The number of likely N-dealkylation sites (N-methyl/N-ethyl adjacent to an activating group) is 1. The molecule has 0 saturated carbocycles. The van der Waals surface area contributed by atoms with E-state index in [1.54, 1.807) is 13.8 Å². The normalized spacial score (nSPS) is 12.2. The largest absolute Gasteiger partial charge is 0.389 e. The summed E-state index contributed by atoms with van der Waals surface area (Å²) in [6, 6.07) is 0. The van der Waals surface area contributed by atoms with Gasteiger partial charge in [-0.2, -0.15) is 0 Å². The second kappa shape index (κ2) is 7.67. The molecule has 0 radical (unpaired) electrons. The molecule has 4 heteroatoms. The van der Waals surface area contributed by atoms with Gasteiger partial charge in [-0.15, -0.1) is 0 Å². The number of carbonyl (C=O) groups excluding carboxylic acids is 1. The first-order chi connectivity index (χ1) is 7.74. The minimum absolute atomic E-state index is 0.0387. The van der Waals surface area contributed by atoms with Crippen LogP contribution in [0.25, 0.3) is 0 Å². The predicted octanol–water partition coefficient (Wildman–Crippen LogP) is 1.24. The summed E-state index contributed by atoms with van der Waals surface area (Å²) in [7, 11) is 0. The van der Waals surface area contributed by atoms with Gasteiger partial charge < -0.3 is 10.4 Å². The Morgan fingerprint density at radius 1 is 1.41 bits per heavy atom. The molecule has 0 aromatic heterocycles. The Hall–Kier alpha value is -0.610. The lowest BCUT2D eigenvalue weighted by atomic mass is 10.1. The average molecular weight is 244 g/mol. The minimum Gasteiger partial charge on any atom is -0.389 e. The Balaban J connectivity index is 3.90. The Morgan fingerprint density at radius 3 is 2.41 bits per heavy atom. The van der Waals surface area contributed by atoms with Crippen molar-refractivity contribution in [1.82, 2.24) is 10.2 Å². The molecule has 0 aliphatic rings. The van der Waals surface area contributed by atoms with E-state index in [1.807, 2.05) is 11.8 Å². The van der Waals surface area contributed by atoms with Crippen molar-refractivity contribution in [3.63, 3.8) is 0 Å². The Labute approximate surface area is 105 Å². The van der Waals surface area contributed by atoms with Crippen LogP contribution in [0.2, 0.25) is 0 Å². The number of nitrogens with one attached hydrogen (secondary N) is 1. The van der Waals surface area contributed by atoms with Crippen molar-refractivity contribution < 1.29 is 9.90 Å². The summed E-state index contributed by atoms with van der Waals surface area (Å²) in [6.07, 6.45) is 1.00. The first-order valence-electron chi connectivity index (χ1n) is 6.46. The van der Waals surface area contributed by atoms with Crippen LogP contribution >= 0.6 is 0 Å². The van der Waals surface area contributed by atoms with Crippen LogP contribution < -0.4 is 5.32 Å². The molecular weight excluding hydrogens is 216 g/mol. The lowest BCUT2D eigenvalue weighted by Crippen LogP contribution is -2.44. The molecule has 102 valence electrons. The van der Waals surface area contributed by atoms with Crippen molar-refractivity contribution in [2.75, 3.05) is 26.2 Å². The van der Waals surface area contributed by atoms with Crippen LogP contribution in [0.1, 0.15) is 41.0 Å². The van der Waals surface area contributed by atoms with Crippen molar-refractivity contribution in [3.8, 4) is 0 Å². The Bertz CT molecular complexity index is 222. The number of nitrogens with zero attached hydrogens (tertiary/aromatic N) is 1. The highest BCUT2D eigenvalue weighted by molar-refractivity contribution is 5.77. The van der Waals surface area contributed by atoms with E-state index in [0.717, 1.165) is 19.5 Å². The van der Waals surface area contributed by atoms with Crippen LogP contribution in [0.15, 0.2) is 0 Å². The number of aliphatic hydroxyl groups is 1. The molecule has 0 unspecified atom stereocenters. The molecule has 17 heavy (non-hydrogen) atoms. The summed E-state index contributed by atoms with van der Waals surface area (Å²) < 4.78 is 0. The van der Waals surface area contributed by atoms with E-state index in [2.05, 4.69) is 19.2 Å². The van der Waals surface area contributed by atoms with Crippen LogP contribution in [0, 0.1) is 5.92 Å². The number of rotatable bonds is 8. The zero-order valence-corrected chi connectivity index (χ0v) is 11.9. The van der Waals surface area contributed by atoms with Gasteiger partial charge in [0.15, 0.2) is 0 Å². The molecule has 1 amide bonds. The molecule has 0 atom stereocenters. The van der Waals surface area contributed by atoms with Gasteiger partial charge in [0.25, 0.3) is 0 Å². The van der Waals surface area contributed by atoms with E-state index in [4.69, 9.17) is 0 Å². The van der Waals surface area contributed by atoms with Crippen LogP contribution in [-0.4, -0.2) is 47.7 Å². The average Bonchev–Trinajstić information content (AvgIpc) is 2.13. The fourth-order valence-corrected chi connectivity index (χ4v) is 1.59. The van der Waals surface area contributed by atoms with E-state index in [9.17, 15) is 9.90 Å². The third-order valence-electron chi connectivity index (χ3n) is 2.47. The van der Waals surface area contributed by atoms with Gasteiger partial charge in [0.05, 0.1) is 12.1 Å². The SMILES string of the molecule is CCN(CC(=O)NCCC(C)C)CC(C)(C)O. The molecule has 0 rings (SSSR count). The highest BCUT2D eigenvalue weighted by atomic mass is 16.3. The molecule has 0 aliphatic carbocycles. The number of hydrogen-bond acceptors (Lipinski definition) is 3. The molecule has 2 N–H and O–H groups in total.